The van der Waals surface area contributed by atoms with Gasteiger partial charge in [-0.1, -0.05) is 12.1 Å². The average Bonchev–Trinajstić information content (AvgIpc) is 2.52. The van der Waals surface area contributed by atoms with Gasteiger partial charge < -0.3 is 15.5 Å². The second-order valence-electron chi connectivity index (χ2n) is 5.56. The number of para-hydroxylation sites is 1. The van der Waals surface area contributed by atoms with E-state index < -0.39 is 0 Å². The summed E-state index contributed by atoms with van der Waals surface area (Å²) in [6, 6.07) is 6.74. The number of hydrogen-bond acceptors (Lipinski definition) is 3. The van der Waals surface area contributed by atoms with Crippen LogP contribution >= 0.6 is 24.8 Å². The van der Waals surface area contributed by atoms with Crippen LogP contribution in [0.5, 0.6) is 0 Å². The molecule has 7 heteroatoms. The molecular formula is C16H26Cl2FN3O. The van der Waals surface area contributed by atoms with Crippen LogP contribution in [0.25, 0.3) is 0 Å². The molecule has 132 valence electrons. The van der Waals surface area contributed by atoms with Crippen molar-refractivity contribution in [1.29, 1.82) is 0 Å². The van der Waals surface area contributed by atoms with Crippen LogP contribution < -0.4 is 15.5 Å². The van der Waals surface area contributed by atoms with E-state index in [2.05, 4.69) is 10.6 Å². The van der Waals surface area contributed by atoms with Crippen molar-refractivity contribution in [3.05, 3.63) is 30.1 Å². The minimum atomic E-state index is -0.211. The summed E-state index contributed by atoms with van der Waals surface area (Å²) in [5.41, 5.74) is 0.598. The Kier molecular flexibility index (Phi) is 11.0. The molecule has 1 aliphatic heterocycles. The van der Waals surface area contributed by atoms with E-state index in [1.54, 1.807) is 12.1 Å². The number of piperidine rings is 1. The highest BCUT2D eigenvalue weighted by Crippen LogP contribution is 2.16. The zero-order chi connectivity index (χ0) is 15.1. The molecule has 0 saturated carbocycles. The van der Waals surface area contributed by atoms with Gasteiger partial charge >= 0.3 is 0 Å². The summed E-state index contributed by atoms with van der Waals surface area (Å²) in [5, 5.41) is 6.22. The summed E-state index contributed by atoms with van der Waals surface area (Å²) >= 11 is 0. The number of carbonyl (C=O) groups excluding carboxylic acids is 1. The van der Waals surface area contributed by atoms with Crippen LogP contribution in [0.15, 0.2) is 24.3 Å². The highest BCUT2D eigenvalue weighted by Gasteiger charge is 2.20. The maximum absolute atomic E-state index is 13.6. The lowest BCUT2D eigenvalue weighted by atomic mass is 9.99. The van der Waals surface area contributed by atoms with Crippen LogP contribution in [0.1, 0.15) is 19.3 Å². The molecule has 2 rings (SSSR count). The van der Waals surface area contributed by atoms with E-state index in [4.69, 9.17) is 0 Å². The van der Waals surface area contributed by atoms with Crippen molar-refractivity contribution in [3.8, 4) is 0 Å². The Labute approximate surface area is 150 Å². The highest BCUT2D eigenvalue weighted by molar-refractivity contribution is 5.85. The van der Waals surface area contributed by atoms with Gasteiger partial charge in [-0.15, -0.1) is 24.8 Å². The number of nitrogens with zero attached hydrogens (tertiary/aromatic N) is 1. The largest absolute Gasteiger partial charge is 0.372 e. The zero-order valence-corrected chi connectivity index (χ0v) is 15.0. The van der Waals surface area contributed by atoms with Crippen molar-refractivity contribution in [2.75, 3.05) is 38.1 Å². The predicted octanol–water partition coefficient (Wildman–Crippen LogP) is 2.61. The molecule has 4 nitrogen and oxygen atoms in total. The van der Waals surface area contributed by atoms with Crippen molar-refractivity contribution in [1.82, 2.24) is 10.6 Å². The standard InChI is InChI=1S/C16H24FN3O.2ClH/c1-20(15-8-3-2-7-14(15)17)11-5-10-19-16(21)13-6-4-9-18-12-13;;/h2-3,7-8,13,18H,4-6,9-12H2,1H3,(H,19,21);2*1H. The minimum Gasteiger partial charge on any atom is -0.372 e. The SMILES string of the molecule is CN(CCCNC(=O)C1CCCNC1)c1ccccc1F.Cl.Cl. The maximum atomic E-state index is 13.6. The predicted molar refractivity (Wildman–Crippen MR) is 97.4 cm³/mol. The van der Waals surface area contributed by atoms with Crippen LogP contribution in [0.3, 0.4) is 0 Å². The van der Waals surface area contributed by atoms with Crippen LogP contribution in [0, 0.1) is 11.7 Å². The Morgan fingerprint density at radius 3 is 2.78 bits per heavy atom. The number of anilines is 1. The van der Waals surface area contributed by atoms with E-state index in [0.29, 0.717) is 18.8 Å². The molecule has 1 heterocycles. The van der Waals surface area contributed by atoms with Gasteiger partial charge in [0.1, 0.15) is 5.82 Å². The molecule has 1 saturated heterocycles. The van der Waals surface area contributed by atoms with Gasteiger partial charge in [0, 0.05) is 26.7 Å². The Bertz CT molecular complexity index is 470. The number of nitrogens with one attached hydrogen (secondary N) is 2. The zero-order valence-electron chi connectivity index (χ0n) is 13.4. The van der Waals surface area contributed by atoms with E-state index >= 15 is 0 Å². The fraction of sp³-hybridized carbons (Fsp3) is 0.562. The number of amides is 1. The minimum absolute atomic E-state index is 0. The molecule has 1 atom stereocenters. The first-order chi connectivity index (χ1) is 10.2. The van der Waals surface area contributed by atoms with Crippen LogP contribution in [0.2, 0.25) is 0 Å². The Morgan fingerprint density at radius 2 is 2.13 bits per heavy atom. The third-order valence-corrected chi connectivity index (χ3v) is 3.90. The summed E-state index contributed by atoms with van der Waals surface area (Å²) in [4.78, 5) is 13.8. The van der Waals surface area contributed by atoms with Gasteiger partial charge in [0.15, 0.2) is 0 Å². The molecular weight excluding hydrogens is 340 g/mol. The fourth-order valence-electron chi connectivity index (χ4n) is 2.63. The smallest absolute Gasteiger partial charge is 0.224 e. The summed E-state index contributed by atoms with van der Waals surface area (Å²) in [7, 11) is 1.87. The van der Waals surface area contributed by atoms with E-state index in [9.17, 15) is 9.18 Å². The van der Waals surface area contributed by atoms with Gasteiger partial charge in [0.05, 0.1) is 11.6 Å². The third kappa shape index (κ3) is 6.94. The van der Waals surface area contributed by atoms with Crippen molar-refractivity contribution in [2.24, 2.45) is 5.92 Å². The fourth-order valence-corrected chi connectivity index (χ4v) is 2.63. The van der Waals surface area contributed by atoms with Gasteiger partial charge in [-0.05, 0) is 37.9 Å². The number of halogens is 3. The first-order valence-corrected chi connectivity index (χ1v) is 7.62. The molecule has 1 aliphatic rings. The molecule has 1 aromatic carbocycles. The lowest BCUT2D eigenvalue weighted by Crippen LogP contribution is -2.41. The van der Waals surface area contributed by atoms with Gasteiger partial charge in [-0.2, -0.15) is 0 Å². The summed E-state index contributed by atoms with van der Waals surface area (Å²) < 4.78 is 13.6. The normalized spacial score (nSPS) is 16.7. The average molecular weight is 366 g/mol. The van der Waals surface area contributed by atoms with E-state index in [1.165, 1.54) is 6.07 Å². The quantitative estimate of drug-likeness (QED) is 0.761. The van der Waals surface area contributed by atoms with Crippen molar-refractivity contribution in [2.45, 2.75) is 19.3 Å². The molecule has 23 heavy (non-hydrogen) atoms. The van der Waals surface area contributed by atoms with Gasteiger partial charge in [-0.25, -0.2) is 4.39 Å². The van der Waals surface area contributed by atoms with Crippen LogP contribution in [0.4, 0.5) is 10.1 Å². The molecule has 2 N–H and O–H groups in total. The molecule has 1 aromatic rings. The molecule has 0 aliphatic carbocycles. The lowest BCUT2D eigenvalue weighted by molar-refractivity contribution is -0.125. The van der Waals surface area contributed by atoms with Crippen molar-refractivity contribution < 1.29 is 9.18 Å². The van der Waals surface area contributed by atoms with Crippen molar-refractivity contribution >= 4 is 36.4 Å². The first kappa shape index (κ1) is 22.0. The van der Waals surface area contributed by atoms with Gasteiger partial charge in [-0.3, -0.25) is 4.79 Å². The number of rotatable bonds is 6. The topological polar surface area (TPSA) is 44.4 Å². The van der Waals surface area contributed by atoms with Crippen molar-refractivity contribution in [3.63, 3.8) is 0 Å². The molecule has 0 spiro atoms. The summed E-state index contributed by atoms with van der Waals surface area (Å²) in [6.45, 7) is 3.14. The maximum Gasteiger partial charge on any atom is 0.224 e. The summed E-state index contributed by atoms with van der Waals surface area (Å²) in [5.74, 6) is 0.0242. The monoisotopic (exact) mass is 365 g/mol. The first-order valence-electron chi connectivity index (χ1n) is 7.62. The lowest BCUT2D eigenvalue weighted by Gasteiger charge is -2.23. The number of benzene rings is 1. The Balaban J connectivity index is 0.00000242. The Morgan fingerprint density at radius 1 is 1.39 bits per heavy atom. The second-order valence-corrected chi connectivity index (χ2v) is 5.56. The number of hydrogen-bond donors (Lipinski definition) is 2. The van der Waals surface area contributed by atoms with E-state index in [0.717, 1.165) is 32.4 Å². The van der Waals surface area contributed by atoms with E-state index in [1.807, 2.05) is 18.0 Å². The molecule has 0 bridgehead atoms. The Hall–Kier alpha value is -1.04. The number of carbonyl (C=O) groups is 1. The van der Waals surface area contributed by atoms with Gasteiger partial charge in [0.2, 0.25) is 5.91 Å². The summed E-state index contributed by atoms with van der Waals surface area (Å²) in [6.07, 6.45) is 2.83. The molecule has 1 unspecified atom stereocenters. The highest BCUT2D eigenvalue weighted by atomic mass is 35.5. The molecule has 0 aromatic heterocycles. The molecule has 1 fully saturated rings. The van der Waals surface area contributed by atoms with E-state index in [-0.39, 0.29) is 42.5 Å². The van der Waals surface area contributed by atoms with Crippen LogP contribution in [-0.2, 0) is 4.79 Å². The van der Waals surface area contributed by atoms with Gasteiger partial charge in [0.25, 0.3) is 0 Å². The van der Waals surface area contributed by atoms with Crippen LogP contribution in [-0.4, -0.2) is 39.1 Å². The second kappa shape index (κ2) is 11.5. The molecule has 0 radical (unpaired) electrons. The molecule has 1 amide bonds. The third-order valence-electron chi connectivity index (χ3n) is 3.90.